The summed E-state index contributed by atoms with van der Waals surface area (Å²) in [6.07, 6.45) is 3.41. The van der Waals surface area contributed by atoms with Crippen LogP contribution in [0.5, 0.6) is 0 Å². The van der Waals surface area contributed by atoms with Crippen LogP contribution in [0.1, 0.15) is 31.2 Å². The van der Waals surface area contributed by atoms with Gasteiger partial charge in [-0.15, -0.1) is 0 Å². The van der Waals surface area contributed by atoms with E-state index in [1.54, 1.807) is 6.07 Å². The first-order valence-corrected chi connectivity index (χ1v) is 7.33. The predicted molar refractivity (Wildman–Crippen MR) is 76.1 cm³/mol. The Morgan fingerprint density at radius 1 is 1.40 bits per heavy atom. The second-order valence-corrected chi connectivity index (χ2v) is 5.70. The standard InChI is InChI=1S/C15H19ClFNO2/c16-12-5-3-6-13(17)11(12)8-15(20)18-9-10-4-1-2-7-14(10)19/h3,5-6,10,14,19H,1-2,4,7-9H2,(H,18,20). The number of benzene rings is 1. The molecule has 1 amide bonds. The van der Waals surface area contributed by atoms with Crippen molar-refractivity contribution in [1.82, 2.24) is 5.32 Å². The number of halogens is 2. The molecule has 2 N–H and O–H groups in total. The molecule has 0 radical (unpaired) electrons. The highest BCUT2D eigenvalue weighted by Crippen LogP contribution is 2.24. The molecule has 0 bridgehead atoms. The van der Waals surface area contributed by atoms with Gasteiger partial charge in [-0.05, 0) is 25.0 Å². The van der Waals surface area contributed by atoms with Crippen LogP contribution in [0, 0.1) is 11.7 Å². The number of nitrogens with one attached hydrogen (secondary N) is 1. The molecule has 0 aromatic heterocycles. The maximum Gasteiger partial charge on any atom is 0.224 e. The maximum absolute atomic E-state index is 13.6. The lowest BCUT2D eigenvalue weighted by Crippen LogP contribution is -2.37. The third-order valence-electron chi connectivity index (χ3n) is 3.83. The van der Waals surface area contributed by atoms with E-state index in [1.807, 2.05) is 0 Å². The van der Waals surface area contributed by atoms with Crippen LogP contribution in [-0.2, 0) is 11.2 Å². The molecular weight excluding hydrogens is 281 g/mol. The van der Waals surface area contributed by atoms with Gasteiger partial charge in [0.1, 0.15) is 5.82 Å². The van der Waals surface area contributed by atoms with E-state index in [9.17, 15) is 14.3 Å². The van der Waals surface area contributed by atoms with E-state index in [2.05, 4.69) is 5.32 Å². The van der Waals surface area contributed by atoms with Crippen LogP contribution in [0.25, 0.3) is 0 Å². The molecular formula is C15H19ClFNO2. The van der Waals surface area contributed by atoms with Crippen LogP contribution in [-0.4, -0.2) is 23.7 Å². The Hall–Kier alpha value is -1.13. The van der Waals surface area contributed by atoms with E-state index in [0.717, 1.165) is 25.7 Å². The number of amides is 1. The second kappa shape index (κ2) is 7.04. The zero-order valence-electron chi connectivity index (χ0n) is 11.2. The Labute approximate surface area is 123 Å². The largest absolute Gasteiger partial charge is 0.393 e. The van der Waals surface area contributed by atoms with Crippen LogP contribution in [0.4, 0.5) is 4.39 Å². The van der Waals surface area contributed by atoms with Gasteiger partial charge in [0.2, 0.25) is 5.91 Å². The monoisotopic (exact) mass is 299 g/mol. The Balaban J connectivity index is 1.86. The molecule has 1 aromatic rings. The highest BCUT2D eigenvalue weighted by molar-refractivity contribution is 6.31. The summed E-state index contributed by atoms with van der Waals surface area (Å²) in [4.78, 5) is 11.8. The molecule has 110 valence electrons. The SMILES string of the molecule is O=C(Cc1c(F)cccc1Cl)NCC1CCCCC1O. The van der Waals surface area contributed by atoms with Gasteiger partial charge in [-0.25, -0.2) is 4.39 Å². The topological polar surface area (TPSA) is 49.3 Å². The summed E-state index contributed by atoms with van der Waals surface area (Å²) in [5.74, 6) is -0.635. The molecule has 5 heteroatoms. The van der Waals surface area contributed by atoms with E-state index in [1.165, 1.54) is 12.1 Å². The van der Waals surface area contributed by atoms with E-state index in [0.29, 0.717) is 6.54 Å². The van der Waals surface area contributed by atoms with Crippen molar-refractivity contribution in [3.05, 3.63) is 34.6 Å². The van der Waals surface area contributed by atoms with E-state index in [-0.39, 0.29) is 34.9 Å². The highest BCUT2D eigenvalue weighted by Gasteiger charge is 2.23. The lowest BCUT2D eigenvalue weighted by Gasteiger charge is -2.27. The summed E-state index contributed by atoms with van der Waals surface area (Å²) >= 11 is 5.89. The van der Waals surface area contributed by atoms with E-state index < -0.39 is 5.82 Å². The zero-order chi connectivity index (χ0) is 14.5. The molecule has 3 nitrogen and oxygen atoms in total. The molecule has 1 fully saturated rings. The predicted octanol–water partition coefficient (Wildman–Crippen LogP) is 2.69. The van der Waals surface area contributed by atoms with Gasteiger partial charge < -0.3 is 10.4 Å². The number of carbonyl (C=O) groups is 1. The normalized spacial score (nSPS) is 22.6. The van der Waals surface area contributed by atoms with Crippen molar-refractivity contribution < 1.29 is 14.3 Å². The third-order valence-corrected chi connectivity index (χ3v) is 4.18. The molecule has 0 aliphatic heterocycles. The summed E-state index contributed by atoms with van der Waals surface area (Å²) in [7, 11) is 0. The third kappa shape index (κ3) is 3.93. The lowest BCUT2D eigenvalue weighted by atomic mass is 9.86. The minimum atomic E-state index is -0.467. The van der Waals surface area contributed by atoms with Crippen LogP contribution in [0.2, 0.25) is 5.02 Å². The van der Waals surface area contributed by atoms with Crippen molar-refractivity contribution in [2.24, 2.45) is 5.92 Å². The van der Waals surface area contributed by atoms with Crippen LogP contribution in [0.15, 0.2) is 18.2 Å². The van der Waals surface area contributed by atoms with Crippen molar-refractivity contribution in [1.29, 1.82) is 0 Å². The molecule has 2 rings (SSSR count). The van der Waals surface area contributed by atoms with Crippen LogP contribution in [0.3, 0.4) is 0 Å². The smallest absolute Gasteiger partial charge is 0.224 e. The van der Waals surface area contributed by atoms with Crippen molar-refractivity contribution in [3.8, 4) is 0 Å². The number of carbonyl (C=O) groups excluding carboxylic acids is 1. The minimum absolute atomic E-state index is 0.0751. The highest BCUT2D eigenvalue weighted by atomic mass is 35.5. The number of hydrogen-bond donors (Lipinski definition) is 2. The van der Waals surface area contributed by atoms with Gasteiger partial charge in [-0.3, -0.25) is 4.79 Å². The van der Waals surface area contributed by atoms with Crippen molar-refractivity contribution in [3.63, 3.8) is 0 Å². The van der Waals surface area contributed by atoms with Gasteiger partial charge in [0.05, 0.1) is 12.5 Å². The first-order valence-electron chi connectivity index (χ1n) is 6.95. The van der Waals surface area contributed by atoms with Crippen molar-refractivity contribution in [2.45, 2.75) is 38.2 Å². The maximum atomic E-state index is 13.6. The van der Waals surface area contributed by atoms with Crippen LogP contribution < -0.4 is 5.32 Å². The van der Waals surface area contributed by atoms with Gasteiger partial charge in [-0.1, -0.05) is 30.5 Å². The Morgan fingerprint density at radius 3 is 2.85 bits per heavy atom. The Kier molecular flexibility index (Phi) is 5.38. The molecule has 20 heavy (non-hydrogen) atoms. The summed E-state index contributed by atoms with van der Waals surface area (Å²) in [5.41, 5.74) is 0.218. The number of aliphatic hydroxyl groups excluding tert-OH is 1. The second-order valence-electron chi connectivity index (χ2n) is 5.29. The molecule has 1 aliphatic carbocycles. The first kappa shape index (κ1) is 15.3. The fourth-order valence-electron chi connectivity index (χ4n) is 2.60. The molecule has 1 saturated carbocycles. The Bertz CT molecular complexity index is 461. The first-order chi connectivity index (χ1) is 9.58. The molecule has 0 saturated heterocycles. The molecule has 1 aromatic carbocycles. The van der Waals surface area contributed by atoms with Gasteiger partial charge in [0.25, 0.3) is 0 Å². The van der Waals surface area contributed by atoms with Crippen LogP contribution >= 0.6 is 11.6 Å². The fourth-order valence-corrected chi connectivity index (χ4v) is 2.83. The quantitative estimate of drug-likeness (QED) is 0.898. The van der Waals surface area contributed by atoms with Gasteiger partial charge in [0.15, 0.2) is 0 Å². The lowest BCUT2D eigenvalue weighted by molar-refractivity contribution is -0.120. The van der Waals surface area contributed by atoms with Gasteiger partial charge in [0, 0.05) is 23.0 Å². The number of rotatable bonds is 4. The minimum Gasteiger partial charge on any atom is -0.393 e. The van der Waals surface area contributed by atoms with Gasteiger partial charge >= 0.3 is 0 Å². The molecule has 2 unspecified atom stereocenters. The molecule has 1 aliphatic rings. The van der Waals surface area contributed by atoms with Crippen molar-refractivity contribution in [2.75, 3.05) is 6.54 Å². The molecule has 0 heterocycles. The van der Waals surface area contributed by atoms with E-state index in [4.69, 9.17) is 11.6 Å². The fraction of sp³-hybridized carbons (Fsp3) is 0.533. The van der Waals surface area contributed by atoms with E-state index >= 15 is 0 Å². The average molecular weight is 300 g/mol. The zero-order valence-corrected chi connectivity index (χ0v) is 12.0. The number of hydrogen-bond acceptors (Lipinski definition) is 2. The summed E-state index contributed by atoms with van der Waals surface area (Å²) in [5, 5.41) is 12.9. The summed E-state index contributed by atoms with van der Waals surface area (Å²) in [6, 6.07) is 4.37. The Morgan fingerprint density at radius 2 is 2.15 bits per heavy atom. The average Bonchev–Trinajstić information content (AvgIpc) is 2.42. The van der Waals surface area contributed by atoms with Crippen molar-refractivity contribution >= 4 is 17.5 Å². The van der Waals surface area contributed by atoms with Gasteiger partial charge in [-0.2, -0.15) is 0 Å². The summed E-state index contributed by atoms with van der Waals surface area (Å²) < 4.78 is 13.6. The molecule has 2 atom stereocenters. The molecule has 0 spiro atoms. The number of aliphatic hydroxyl groups is 1. The summed E-state index contributed by atoms with van der Waals surface area (Å²) in [6.45, 7) is 0.437.